The van der Waals surface area contributed by atoms with E-state index in [0.29, 0.717) is 11.9 Å². The fourth-order valence-electron chi connectivity index (χ4n) is 2.24. The maximum absolute atomic E-state index is 6.01. The minimum absolute atomic E-state index is 0.0721. The van der Waals surface area contributed by atoms with Crippen LogP contribution in [0, 0.1) is 0 Å². The highest BCUT2D eigenvalue weighted by molar-refractivity contribution is 6.18. The van der Waals surface area contributed by atoms with E-state index in [1.165, 1.54) is 5.56 Å². The van der Waals surface area contributed by atoms with Gasteiger partial charge < -0.3 is 4.74 Å². The molecule has 0 spiro atoms. The molecule has 1 fully saturated rings. The molecule has 1 aliphatic rings. The number of hydrogen-bond donors (Lipinski definition) is 0. The zero-order valence-corrected chi connectivity index (χ0v) is 11.3. The van der Waals surface area contributed by atoms with Crippen LogP contribution in [0.4, 0.5) is 0 Å². The lowest BCUT2D eigenvalue weighted by atomic mass is 10.0. The summed E-state index contributed by atoms with van der Waals surface area (Å²) in [7, 11) is 0. The Kier molecular flexibility index (Phi) is 4.08. The molecule has 0 N–H and O–H groups in total. The summed E-state index contributed by atoms with van der Waals surface area (Å²) in [6.07, 6.45) is 0. The van der Waals surface area contributed by atoms with Crippen molar-refractivity contribution in [2.24, 2.45) is 0 Å². The molecular formula is C14H20ClNO. The Bertz CT molecular complexity index is 352. The van der Waals surface area contributed by atoms with Crippen LogP contribution in [-0.2, 0) is 11.3 Å². The monoisotopic (exact) mass is 253 g/mol. The van der Waals surface area contributed by atoms with Crippen LogP contribution in [0.1, 0.15) is 19.4 Å². The van der Waals surface area contributed by atoms with Gasteiger partial charge in [0.15, 0.2) is 0 Å². The van der Waals surface area contributed by atoms with Gasteiger partial charge in [-0.25, -0.2) is 0 Å². The molecule has 17 heavy (non-hydrogen) atoms. The lowest BCUT2D eigenvalue weighted by Crippen LogP contribution is -2.54. The minimum Gasteiger partial charge on any atom is -0.373 e. The highest BCUT2D eigenvalue weighted by Crippen LogP contribution is 2.23. The van der Waals surface area contributed by atoms with Crippen LogP contribution in [0.3, 0.4) is 0 Å². The first-order chi connectivity index (χ1) is 8.11. The summed E-state index contributed by atoms with van der Waals surface area (Å²) in [5.74, 6) is 0.628. The number of benzene rings is 1. The molecule has 3 heteroatoms. The number of ether oxygens (including phenoxy) is 1. The van der Waals surface area contributed by atoms with E-state index in [0.717, 1.165) is 19.7 Å². The zero-order valence-electron chi connectivity index (χ0n) is 10.5. The standard InChI is InChI=1S/C14H20ClNO/c1-14(2)11-16(13(8-15)10-17-14)9-12-6-4-3-5-7-12/h3-7,13H,8-11H2,1-2H3/t13-/m0/s1. The zero-order chi connectivity index (χ0) is 12.3. The van der Waals surface area contributed by atoms with Crippen molar-refractivity contribution in [3.05, 3.63) is 35.9 Å². The molecular weight excluding hydrogens is 234 g/mol. The molecule has 94 valence electrons. The summed E-state index contributed by atoms with van der Waals surface area (Å²) in [5.41, 5.74) is 1.26. The molecule has 1 aliphatic heterocycles. The first kappa shape index (κ1) is 12.9. The number of nitrogens with zero attached hydrogens (tertiary/aromatic N) is 1. The molecule has 0 bridgehead atoms. The van der Waals surface area contributed by atoms with Crippen LogP contribution in [0.15, 0.2) is 30.3 Å². The molecule has 0 saturated carbocycles. The second-order valence-electron chi connectivity index (χ2n) is 5.27. The number of morpholine rings is 1. The molecule has 2 nitrogen and oxygen atoms in total. The molecule has 1 saturated heterocycles. The van der Waals surface area contributed by atoms with Gasteiger partial charge in [0.05, 0.1) is 12.2 Å². The average Bonchev–Trinajstić information content (AvgIpc) is 2.30. The Morgan fingerprint density at radius 3 is 2.71 bits per heavy atom. The quantitative estimate of drug-likeness (QED) is 0.768. The number of alkyl halides is 1. The Morgan fingerprint density at radius 1 is 1.35 bits per heavy atom. The van der Waals surface area contributed by atoms with Crippen molar-refractivity contribution >= 4 is 11.6 Å². The van der Waals surface area contributed by atoms with E-state index >= 15 is 0 Å². The molecule has 2 rings (SSSR count). The van der Waals surface area contributed by atoms with Gasteiger partial charge in [-0.1, -0.05) is 30.3 Å². The summed E-state index contributed by atoms with van der Waals surface area (Å²) in [6, 6.07) is 10.9. The van der Waals surface area contributed by atoms with Gasteiger partial charge in [-0.05, 0) is 19.4 Å². The molecule has 1 aromatic rings. The first-order valence-corrected chi connectivity index (χ1v) is 6.62. The van der Waals surface area contributed by atoms with E-state index in [9.17, 15) is 0 Å². The SMILES string of the molecule is CC1(C)CN(Cc2ccccc2)[C@@H](CCl)CO1. The third kappa shape index (κ3) is 3.44. The lowest BCUT2D eigenvalue weighted by Gasteiger charge is -2.43. The lowest BCUT2D eigenvalue weighted by molar-refractivity contribution is -0.112. The van der Waals surface area contributed by atoms with Crippen molar-refractivity contribution in [3.63, 3.8) is 0 Å². The van der Waals surface area contributed by atoms with Crippen LogP contribution in [-0.4, -0.2) is 35.6 Å². The van der Waals surface area contributed by atoms with Gasteiger partial charge in [-0.15, -0.1) is 11.6 Å². The highest BCUT2D eigenvalue weighted by atomic mass is 35.5. The van der Waals surface area contributed by atoms with Gasteiger partial charge in [-0.3, -0.25) is 4.90 Å². The fourth-order valence-corrected chi connectivity index (χ4v) is 2.52. The van der Waals surface area contributed by atoms with Gasteiger partial charge in [0.1, 0.15) is 0 Å². The molecule has 1 atom stereocenters. The van der Waals surface area contributed by atoms with Crippen molar-refractivity contribution in [1.29, 1.82) is 0 Å². The molecule has 0 amide bonds. The van der Waals surface area contributed by atoms with Crippen LogP contribution in [0.2, 0.25) is 0 Å². The predicted molar refractivity (Wildman–Crippen MR) is 71.4 cm³/mol. The van der Waals surface area contributed by atoms with Crippen molar-refractivity contribution in [1.82, 2.24) is 4.90 Å². The summed E-state index contributed by atoms with van der Waals surface area (Å²) >= 11 is 6.01. The van der Waals surface area contributed by atoms with Crippen LogP contribution < -0.4 is 0 Å². The normalized spacial score (nSPS) is 24.8. The van der Waals surface area contributed by atoms with Crippen LogP contribution >= 0.6 is 11.6 Å². The van der Waals surface area contributed by atoms with Gasteiger partial charge in [0, 0.05) is 25.0 Å². The first-order valence-electron chi connectivity index (χ1n) is 6.09. The summed E-state index contributed by atoms with van der Waals surface area (Å²) < 4.78 is 5.81. The summed E-state index contributed by atoms with van der Waals surface area (Å²) in [5, 5.41) is 0. The summed E-state index contributed by atoms with van der Waals surface area (Å²) in [6.45, 7) is 6.87. The maximum atomic E-state index is 6.01. The van der Waals surface area contributed by atoms with Crippen LogP contribution in [0.5, 0.6) is 0 Å². The van der Waals surface area contributed by atoms with Gasteiger partial charge in [-0.2, -0.15) is 0 Å². The maximum Gasteiger partial charge on any atom is 0.0753 e. The molecule has 1 aromatic carbocycles. The minimum atomic E-state index is -0.0721. The highest BCUT2D eigenvalue weighted by Gasteiger charge is 2.33. The molecule has 0 unspecified atom stereocenters. The van der Waals surface area contributed by atoms with E-state index in [1.54, 1.807) is 0 Å². The fraction of sp³-hybridized carbons (Fsp3) is 0.571. The average molecular weight is 254 g/mol. The van der Waals surface area contributed by atoms with Gasteiger partial charge in [0.2, 0.25) is 0 Å². The number of halogens is 1. The molecule has 1 heterocycles. The van der Waals surface area contributed by atoms with Crippen molar-refractivity contribution < 1.29 is 4.74 Å². The van der Waals surface area contributed by atoms with Gasteiger partial charge in [0.25, 0.3) is 0 Å². The smallest absolute Gasteiger partial charge is 0.0753 e. The summed E-state index contributed by atoms with van der Waals surface area (Å²) in [4.78, 5) is 2.42. The number of hydrogen-bond acceptors (Lipinski definition) is 2. The second-order valence-corrected chi connectivity index (χ2v) is 5.58. The van der Waals surface area contributed by atoms with E-state index in [-0.39, 0.29) is 5.60 Å². The third-order valence-electron chi connectivity index (χ3n) is 3.17. The largest absolute Gasteiger partial charge is 0.373 e. The van der Waals surface area contributed by atoms with Gasteiger partial charge >= 0.3 is 0 Å². The van der Waals surface area contributed by atoms with E-state index < -0.39 is 0 Å². The van der Waals surface area contributed by atoms with Crippen molar-refractivity contribution in [3.8, 4) is 0 Å². The van der Waals surface area contributed by atoms with E-state index in [2.05, 4.69) is 43.0 Å². The van der Waals surface area contributed by atoms with Crippen LogP contribution in [0.25, 0.3) is 0 Å². The second kappa shape index (κ2) is 5.38. The topological polar surface area (TPSA) is 12.5 Å². The van der Waals surface area contributed by atoms with Crippen molar-refractivity contribution in [2.45, 2.75) is 32.0 Å². The molecule has 0 aliphatic carbocycles. The Morgan fingerprint density at radius 2 is 2.06 bits per heavy atom. The van der Waals surface area contributed by atoms with E-state index in [4.69, 9.17) is 16.3 Å². The van der Waals surface area contributed by atoms with E-state index in [1.807, 2.05) is 6.07 Å². The molecule has 0 aromatic heterocycles. The Labute approximate surface area is 109 Å². The predicted octanol–water partition coefficient (Wildman–Crippen LogP) is 2.90. The third-order valence-corrected chi connectivity index (χ3v) is 3.53. The Balaban J connectivity index is 2.06. The molecule has 0 radical (unpaired) electrons. The van der Waals surface area contributed by atoms with Crippen molar-refractivity contribution in [2.75, 3.05) is 19.0 Å². The Hall–Kier alpha value is -0.570. The number of rotatable bonds is 3.